The van der Waals surface area contributed by atoms with Gasteiger partial charge in [0.15, 0.2) is 9.84 Å². The first-order valence-electron chi connectivity index (χ1n) is 17.6. The summed E-state index contributed by atoms with van der Waals surface area (Å²) < 4.78 is 134. The molecule has 0 atom stereocenters. The molecule has 6 rings (SSSR count). The number of pyridine rings is 1. The van der Waals surface area contributed by atoms with E-state index in [9.17, 15) is 57.8 Å². The molecule has 348 valence electrons. The Morgan fingerprint density at radius 3 is 2.11 bits per heavy atom. The number of aromatic nitrogens is 4. The fourth-order valence-electron chi connectivity index (χ4n) is 5.63. The lowest BCUT2D eigenvalue weighted by Gasteiger charge is -2.13. The molecule has 2 heterocycles. The van der Waals surface area contributed by atoms with Crippen molar-refractivity contribution in [3.8, 4) is 11.7 Å². The maximum atomic E-state index is 12.7. The standard InChI is InChI=1S/C34H29N9O18S5/c44-27-16-24(64(50,51)52)14-19-3-9-25(35-18-62-61-60-47)30(29(19)27)42-41-26-15-22(6-10-28(26)65(53,54)55)37-33-38-32(39-34(40-33)43-11-1-2-20(17-43)31(45)46)36-21-4-7-23(8-5-21)63(48,49)13-12-59-66(56,57)58/h1-11,14-17H,12-13,18H2,(H8-,35,36,37,38,39,40,41,42,44,45,46,47,50,51,52,53,54,55,56,57,58)/p+1. The molecule has 0 bridgehead atoms. The molecule has 0 aliphatic rings. The van der Waals surface area contributed by atoms with Gasteiger partial charge in [0, 0.05) is 17.4 Å². The molecule has 4 aromatic carbocycles. The third-order valence-electron chi connectivity index (χ3n) is 8.45. The second kappa shape index (κ2) is 19.9. The number of nitrogens with zero attached hydrogens (tertiary/aromatic N) is 6. The molecule has 0 aliphatic heterocycles. The summed E-state index contributed by atoms with van der Waals surface area (Å²) in [6.45, 7) is -0.858. The largest absolute Gasteiger partial charge is 0.507 e. The van der Waals surface area contributed by atoms with Crippen LogP contribution in [0.3, 0.4) is 0 Å². The molecule has 66 heavy (non-hydrogen) atoms. The number of rotatable bonds is 20. The van der Waals surface area contributed by atoms with E-state index in [0.717, 1.165) is 24.3 Å². The number of sulfone groups is 1. The highest BCUT2D eigenvalue weighted by Crippen LogP contribution is 2.42. The van der Waals surface area contributed by atoms with Crippen molar-refractivity contribution >= 4 is 110 Å². The van der Waals surface area contributed by atoms with E-state index >= 15 is 0 Å². The predicted octanol–water partition coefficient (Wildman–Crippen LogP) is 4.13. The molecule has 0 unspecified atom stereocenters. The number of carbonyl (C=O) groups is 1. The summed E-state index contributed by atoms with van der Waals surface area (Å²) in [6, 6.07) is 15.2. The summed E-state index contributed by atoms with van der Waals surface area (Å²) in [6.07, 6.45) is 2.59. The molecule has 0 radical (unpaired) electrons. The average molecular weight is 1010 g/mol. The molecule has 0 saturated carbocycles. The molecular formula is C34H30N9O18S5+. The lowest BCUT2D eigenvalue weighted by Crippen LogP contribution is -2.34. The number of hydrogen-bond donors (Lipinski definition) is 9. The first-order chi connectivity index (χ1) is 31.0. The van der Waals surface area contributed by atoms with Gasteiger partial charge in [-0.15, -0.1) is 19.5 Å². The minimum Gasteiger partial charge on any atom is -0.507 e. The quantitative estimate of drug-likeness (QED) is 0.00758. The van der Waals surface area contributed by atoms with Gasteiger partial charge in [-0.2, -0.15) is 25.3 Å². The number of carboxylic acids is 1. The van der Waals surface area contributed by atoms with Crippen LogP contribution < -0.4 is 20.5 Å². The van der Waals surface area contributed by atoms with E-state index in [0.29, 0.717) is 12.0 Å². The Balaban J connectivity index is 1.40. The van der Waals surface area contributed by atoms with Gasteiger partial charge in [0.1, 0.15) is 22.0 Å². The maximum absolute atomic E-state index is 12.7. The molecule has 0 fully saturated rings. The molecule has 2 aromatic heterocycles. The van der Waals surface area contributed by atoms with Crippen LogP contribution in [0.25, 0.3) is 16.7 Å². The fraction of sp³-hybridized carbons (Fsp3) is 0.0882. The van der Waals surface area contributed by atoms with Crippen molar-refractivity contribution < 1.29 is 85.7 Å². The second-order valence-corrected chi connectivity index (χ2v) is 19.5. The molecule has 9 N–H and O–H groups in total. The summed E-state index contributed by atoms with van der Waals surface area (Å²) in [5, 5.41) is 49.1. The Morgan fingerprint density at radius 2 is 1.47 bits per heavy atom. The molecule has 32 heteroatoms. The van der Waals surface area contributed by atoms with Crippen LogP contribution >= 0.6 is 12.0 Å². The van der Waals surface area contributed by atoms with E-state index < -0.39 is 80.0 Å². The third-order valence-corrected chi connectivity index (χ3v) is 12.8. The fourth-order valence-corrected chi connectivity index (χ4v) is 8.57. The zero-order valence-corrected chi connectivity index (χ0v) is 36.7. The first-order valence-corrected chi connectivity index (χ1v) is 24.5. The van der Waals surface area contributed by atoms with Crippen molar-refractivity contribution in [2.75, 3.05) is 34.2 Å². The van der Waals surface area contributed by atoms with Crippen molar-refractivity contribution in [2.24, 2.45) is 10.2 Å². The van der Waals surface area contributed by atoms with Crippen LogP contribution in [0.4, 0.5) is 40.3 Å². The van der Waals surface area contributed by atoms with Crippen LogP contribution in [-0.2, 0) is 54.0 Å². The zero-order valence-electron chi connectivity index (χ0n) is 32.6. The molecule has 0 aliphatic carbocycles. The highest BCUT2D eigenvalue weighted by Gasteiger charge is 2.24. The smallest absolute Gasteiger partial charge is 0.444 e. The number of anilines is 5. The number of benzene rings is 4. The summed E-state index contributed by atoms with van der Waals surface area (Å²) in [5.74, 6) is -3.63. The molecular weight excluding hydrogens is 983 g/mol. The van der Waals surface area contributed by atoms with Crippen LogP contribution in [0, 0.1) is 0 Å². The van der Waals surface area contributed by atoms with Gasteiger partial charge in [-0.05, 0) is 82.1 Å². The van der Waals surface area contributed by atoms with E-state index in [1.165, 1.54) is 71.6 Å². The van der Waals surface area contributed by atoms with Gasteiger partial charge in [-0.1, -0.05) is 11.1 Å². The van der Waals surface area contributed by atoms with Crippen LogP contribution in [0.5, 0.6) is 5.75 Å². The summed E-state index contributed by atoms with van der Waals surface area (Å²) in [4.78, 5) is 23.1. The van der Waals surface area contributed by atoms with Gasteiger partial charge >= 0.3 is 34.2 Å². The van der Waals surface area contributed by atoms with Gasteiger partial charge in [-0.25, -0.2) is 27.2 Å². The van der Waals surface area contributed by atoms with Gasteiger partial charge < -0.3 is 26.2 Å². The van der Waals surface area contributed by atoms with Crippen molar-refractivity contribution in [3.05, 3.63) is 96.8 Å². The SMILES string of the molecule is O=C(O)c1ccc[n+](-c2nc(Nc3ccc(S(=O)(=O)CCOS(=O)(=O)O)cc3)nc(Nc3ccc(S(=O)(=O)O)c(N=Nc4c(NCSOOO)ccc5cc(S(=O)(=O)O)cc(O)c45)c3)n2)c1. The van der Waals surface area contributed by atoms with Crippen LogP contribution in [0.15, 0.2) is 116 Å². The first kappa shape index (κ1) is 48.9. The van der Waals surface area contributed by atoms with E-state index in [1.807, 2.05) is 0 Å². The summed E-state index contributed by atoms with van der Waals surface area (Å²) >= 11 is 0.555. The third kappa shape index (κ3) is 12.6. The number of aromatic carboxylic acids is 1. The second-order valence-electron chi connectivity index (χ2n) is 12.8. The maximum Gasteiger partial charge on any atom is 0.444 e. The minimum absolute atomic E-state index is 0.00858. The van der Waals surface area contributed by atoms with Crippen molar-refractivity contribution in [2.45, 2.75) is 14.7 Å². The summed E-state index contributed by atoms with van der Waals surface area (Å²) in [5.41, 5.74) is -0.660. The number of nitrogens with one attached hydrogen (secondary N) is 3. The monoisotopic (exact) mass is 1010 g/mol. The molecule has 27 nitrogen and oxygen atoms in total. The molecule has 6 aromatic rings. The molecule has 0 saturated heterocycles. The van der Waals surface area contributed by atoms with Crippen molar-refractivity contribution in [3.63, 3.8) is 0 Å². The Hall–Kier alpha value is -6.56. The number of carboxylic acid groups (broad SMARTS) is 1. The lowest BCUT2D eigenvalue weighted by molar-refractivity contribution is -0.603. The number of hydrogen-bond acceptors (Lipinski definition) is 23. The number of phenolic OH excluding ortho intramolecular Hbond substituents is 1. The topological polar surface area (TPSA) is 406 Å². The van der Waals surface area contributed by atoms with Gasteiger partial charge in [0.2, 0.25) is 0 Å². The number of azo groups is 1. The van der Waals surface area contributed by atoms with E-state index in [2.05, 4.69) is 54.7 Å². The van der Waals surface area contributed by atoms with Gasteiger partial charge in [0.05, 0.1) is 69.1 Å². The van der Waals surface area contributed by atoms with Crippen LogP contribution in [0.2, 0.25) is 0 Å². The number of phenols is 1. The van der Waals surface area contributed by atoms with Crippen molar-refractivity contribution in [1.82, 2.24) is 15.0 Å². The minimum atomic E-state index is -5.03. The average Bonchev–Trinajstić information content (AvgIpc) is 3.23. The van der Waals surface area contributed by atoms with Crippen LogP contribution in [-0.4, -0.2) is 102 Å². The summed E-state index contributed by atoms with van der Waals surface area (Å²) in [7, 11) is -18.8. The van der Waals surface area contributed by atoms with E-state index in [4.69, 9.17) is 9.81 Å². The highest BCUT2D eigenvalue weighted by molar-refractivity contribution is 7.94. The Labute approximate surface area is 376 Å². The van der Waals surface area contributed by atoms with Gasteiger partial charge in [-0.3, -0.25) is 13.7 Å². The number of fused-ring (bicyclic) bond motifs is 1. The zero-order chi connectivity index (χ0) is 48.0. The van der Waals surface area contributed by atoms with E-state index in [1.54, 1.807) is 0 Å². The Bertz CT molecular complexity index is 3330. The molecule has 0 spiro atoms. The van der Waals surface area contributed by atoms with Crippen molar-refractivity contribution in [1.29, 1.82) is 0 Å². The lowest BCUT2D eigenvalue weighted by atomic mass is 10.1. The van der Waals surface area contributed by atoms with Crippen LogP contribution in [0.1, 0.15) is 10.4 Å². The van der Waals surface area contributed by atoms with E-state index in [-0.39, 0.29) is 67.7 Å². The Morgan fingerprint density at radius 1 is 0.788 bits per heavy atom. The van der Waals surface area contributed by atoms with Gasteiger partial charge in [0.25, 0.3) is 20.2 Å². The normalized spacial score (nSPS) is 12.4. The Kier molecular flexibility index (Phi) is 14.7. The molecule has 0 amide bonds. The highest BCUT2D eigenvalue weighted by atomic mass is 32.3. The number of aromatic hydroxyl groups is 1. The predicted molar refractivity (Wildman–Crippen MR) is 228 cm³/mol.